The molecule has 1 fully saturated rings. The number of carbonyl (C=O) groups is 1. The molecule has 1 saturated heterocycles. The summed E-state index contributed by atoms with van der Waals surface area (Å²) < 4.78 is 31.6. The lowest BCUT2D eigenvalue weighted by atomic mass is 9.88. The van der Waals surface area contributed by atoms with E-state index in [-0.39, 0.29) is 5.41 Å². The molecule has 0 bridgehead atoms. The number of halogens is 2. The van der Waals surface area contributed by atoms with Gasteiger partial charge >= 0.3 is 0 Å². The van der Waals surface area contributed by atoms with Gasteiger partial charge in [0.15, 0.2) is 0 Å². The van der Waals surface area contributed by atoms with E-state index >= 15 is 0 Å². The van der Waals surface area contributed by atoms with E-state index in [0.717, 1.165) is 12.1 Å². The maximum Gasteiger partial charge on any atom is 0.257 e. The van der Waals surface area contributed by atoms with Gasteiger partial charge in [0.2, 0.25) is 0 Å². The Bertz CT molecular complexity index is 424. The third-order valence-corrected chi connectivity index (χ3v) is 2.77. The Morgan fingerprint density at radius 1 is 1.41 bits per heavy atom. The van der Waals surface area contributed by atoms with E-state index in [1.54, 1.807) is 0 Å². The molecule has 2 rings (SSSR count). The number of hydrogen-bond acceptors (Lipinski definition) is 2. The second-order valence-electron chi connectivity index (χ2n) is 4.58. The summed E-state index contributed by atoms with van der Waals surface area (Å²) in [6, 6.07) is 3.35. The van der Waals surface area contributed by atoms with Crippen LogP contribution in [0.5, 0.6) is 0 Å². The molecule has 0 spiro atoms. The molecule has 1 N–H and O–H groups in total. The first kappa shape index (κ1) is 12.0. The molecule has 1 aromatic rings. The number of hydrogen-bond donors (Lipinski definition) is 1. The smallest absolute Gasteiger partial charge is 0.257 e. The summed E-state index contributed by atoms with van der Waals surface area (Å²) in [5.74, 6) is -2.43. The molecule has 0 saturated carbocycles. The Morgan fingerprint density at radius 3 is 2.47 bits per heavy atom. The summed E-state index contributed by atoms with van der Waals surface area (Å²) in [5, 5.41) is 2.52. The number of amides is 1. The van der Waals surface area contributed by atoms with Crippen LogP contribution in [0.2, 0.25) is 0 Å². The van der Waals surface area contributed by atoms with Crippen molar-refractivity contribution in [2.45, 2.75) is 6.92 Å². The molecule has 0 aromatic heterocycles. The minimum absolute atomic E-state index is 0.128. The van der Waals surface area contributed by atoms with Gasteiger partial charge in [-0.3, -0.25) is 4.79 Å². The highest BCUT2D eigenvalue weighted by molar-refractivity contribution is 5.94. The van der Waals surface area contributed by atoms with Crippen molar-refractivity contribution in [2.24, 2.45) is 5.41 Å². The quantitative estimate of drug-likeness (QED) is 0.875. The van der Waals surface area contributed by atoms with Gasteiger partial charge in [-0.2, -0.15) is 0 Å². The van der Waals surface area contributed by atoms with E-state index < -0.39 is 23.1 Å². The SMILES string of the molecule is CC1(CNC(=O)c2c(F)cccc2F)COC1. The van der Waals surface area contributed by atoms with Gasteiger partial charge in [-0.1, -0.05) is 13.0 Å². The summed E-state index contributed by atoms with van der Waals surface area (Å²) in [6.45, 7) is 3.38. The van der Waals surface area contributed by atoms with Gasteiger partial charge in [0, 0.05) is 12.0 Å². The Labute approximate surface area is 97.8 Å². The first-order chi connectivity index (χ1) is 8.02. The van der Waals surface area contributed by atoms with Crippen molar-refractivity contribution in [2.75, 3.05) is 19.8 Å². The lowest BCUT2D eigenvalue weighted by Crippen LogP contribution is -2.48. The minimum Gasteiger partial charge on any atom is -0.380 e. The topological polar surface area (TPSA) is 38.3 Å². The fourth-order valence-corrected chi connectivity index (χ4v) is 1.65. The number of carbonyl (C=O) groups excluding carboxylic acids is 1. The van der Waals surface area contributed by atoms with Crippen LogP contribution in [0.25, 0.3) is 0 Å². The zero-order valence-corrected chi connectivity index (χ0v) is 9.43. The maximum absolute atomic E-state index is 13.3. The summed E-state index contributed by atoms with van der Waals surface area (Å²) in [4.78, 5) is 11.6. The van der Waals surface area contributed by atoms with Crippen molar-refractivity contribution in [3.8, 4) is 0 Å². The Hall–Kier alpha value is -1.49. The first-order valence-corrected chi connectivity index (χ1v) is 5.32. The average molecular weight is 241 g/mol. The van der Waals surface area contributed by atoms with Gasteiger partial charge in [-0.25, -0.2) is 8.78 Å². The zero-order valence-electron chi connectivity index (χ0n) is 9.43. The lowest BCUT2D eigenvalue weighted by Gasteiger charge is -2.38. The fourth-order valence-electron chi connectivity index (χ4n) is 1.65. The van der Waals surface area contributed by atoms with Crippen molar-refractivity contribution >= 4 is 5.91 Å². The van der Waals surface area contributed by atoms with Gasteiger partial charge < -0.3 is 10.1 Å². The van der Waals surface area contributed by atoms with Gasteiger partial charge in [0.05, 0.1) is 13.2 Å². The third-order valence-electron chi connectivity index (χ3n) is 2.77. The number of ether oxygens (including phenoxy) is 1. The summed E-state index contributed by atoms with van der Waals surface area (Å²) in [6.07, 6.45) is 0. The highest BCUT2D eigenvalue weighted by atomic mass is 19.1. The molecule has 1 aliphatic heterocycles. The van der Waals surface area contributed by atoms with Crippen LogP contribution >= 0.6 is 0 Å². The molecule has 3 nitrogen and oxygen atoms in total. The van der Waals surface area contributed by atoms with Gasteiger partial charge in [-0.05, 0) is 12.1 Å². The molecule has 0 aliphatic carbocycles. The van der Waals surface area contributed by atoms with E-state index in [1.165, 1.54) is 6.07 Å². The van der Waals surface area contributed by atoms with E-state index in [2.05, 4.69) is 5.32 Å². The largest absolute Gasteiger partial charge is 0.380 e. The van der Waals surface area contributed by atoms with Crippen molar-refractivity contribution in [1.29, 1.82) is 0 Å². The zero-order chi connectivity index (χ0) is 12.5. The highest BCUT2D eigenvalue weighted by Gasteiger charge is 2.34. The second kappa shape index (κ2) is 4.41. The summed E-state index contributed by atoms with van der Waals surface area (Å²) >= 11 is 0. The minimum atomic E-state index is -0.850. The van der Waals surface area contributed by atoms with E-state index in [9.17, 15) is 13.6 Å². The molecule has 5 heteroatoms. The predicted octanol–water partition coefficient (Wildman–Crippen LogP) is 1.73. The molecular formula is C12H13F2NO2. The predicted molar refractivity (Wildman–Crippen MR) is 57.6 cm³/mol. The third kappa shape index (κ3) is 2.44. The van der Waals surface area contributed by atoms with Crippen molar-refractivity contribution < 1.29 is 18.3 Å². The first-order valence-electron chi connectivity index (χ1n) is 5.32. The van der Waals surface area contributed by atoms with Crippen molar-refractivity contribution in [3.63, 3.8) is 0 Å². The summed E-state index contributed by atoms with van der Waals surface area (Å²) in [5.41, 5.74) is -0.659. The standard InChI is InChI=1S/C12H13F2NO2/c1-12(6-17-7-12)5-15-11(16)10-8(13)3-2-4-9(10)14/h2-4H,5-7H2,1H3,(H,15,16). The molecule has 1 heterocycles. The van der Waals surface area contributed by atoms with Crippen LogP contribution in [0.3, 0.4) is 0 Å². The molecule has 0 radical (unpaired) electrons. The van der Waals surface area contributed by atoms with E-state index in [4.69, 9.17) is 4.74 Å². The average Bonchev–Trinajstić information content (AvgIpc) is 2.23. The number of rotatable bonds is 3. The molecule has 1 aliphatic rings. The Balaban J connectivity index is 2.04. The van der Waals surface area contributed by atoms with Crippen molar-refractivity contribution in [3.05, 3.63) is 35.4 Å². The number of benzene rings is 1. The van der Waals surface area contributed by atoms with Crippen LogP contribution in [-0.2, 0) is 4.74 Å². The van der Waals surface area contributed by atoms with Crippen LogP contribution < -0.4 is 5.32 Å². The Morgan fingerprint density at radius 2 is 2.00 bits per heavy atom. The molecule has 0 unspecified atom stereocenters. The monoisotopic (exact) mass is 241 g/mol. The van der Waals surface area contributed by atoms with Crippen molar-refractivity contribution in [1.82, 2.24) is 5.32 Å². The molecule has 1 amide bonds. The highest BCUT2D eigenvalue weighted by Crippen LogP contribution is 2.25. The van der Waals surface area contributed by atoms with Gasteiger partial charge in [-0.15, -0.1) is 0 Å². The van der Waals surface area contributed by atoms with E-state index in [1.807, 2.05) is 6.92 Å². The van der Waals surface area contributed by atoms with Gasteiger partial charge in [0.25, 0.3) is 5.91 Å². The normalized spacial score (nSPS) is 17.4. The van der Waals surface area contributed by atoms with Crippen LogP contribution in [0, 0.1) is 17.0 Å². The molecule has 92 valence electrons. The van der Waals surface area contributed by atoms with Crippen LogP contribution in [-0.4, -0.2) is 25.7 Å². The summed E-state index contributed by atoms with van der Waals surface area (Å²) in [7, 11) is 0. The van der Waals surface area contributed by atoms with Crippen LogP contribution in [0.4, 0.5) is 8.78 Å². The molecular weight excluding hydrogens is 228 g/mol. The van der Waals surface area contributed by atoms with Gasteiger partial charge in [0.1, 0.15) is 17.2 Å². The molecule has 0 atom stereocenters. The van der Waals surface area contributed by atoms with E-state index in [0.29, 0.717) is 19.8 Å². The van der Waals surface area contributed by atoms with Crippen LogP contribution in [0.1, 0.15) is 17.3 Å². The molecule has 1 aromatic carbocycles. The molecule has 17 heavy (non-hydrogen) atoms. The second-order valence-corrected chi connectivity index (χ2v) is 4.58. The van der Waals surface area contributed by atoms with Crippen LogP contribution in [0.15, 0.2) is 18.2 Å². The maximum atomic E-state index is 13.3. The lowest BCUT2D eigenvalue weighted by molar-refractivity contribution is -0.0978. The fraction of sp³-hybridized carbons (Fsp3) is 0.417. The Kier molecular flexibility index (Phi) is 3.11. The number of nitrogens with one attached hydrogen (secondary N) is 1.